The van der Waals surface area contributed by atoms with E-state index in [0.717, 1.165) is 30.8 Å². The smallest absolute Gasteiger partial charge is 0.224 e. The third-order valence-corrected chi connectivity index (χ3v) is 3.77. The van der Waals surface area contributed by atoms with Crippen molar-refractivity contribution in [1.82, 2.24) is 4.90 Å². The van der Waals surface area contributed by atoms with Gasteiger partial charge in [0.25, 0.3) is 0 Å². The summed E-state index contributed by atoms with van der Waals surface area (Å²) in [5.41, 5.74) is 5.97. The second-order valence-electron chi connectivity index (χ2n) is 3.91. The summed E-state index contributed by atoms with van der Waals surface area (Å²) in [6, 6.07) is 3.84. The molecule has 1 atom stereocenters. The van der Waals surface area contributed by atoms with Crippen molar-refractivity contribution in [3.63, 3.8) is 0 Å². The molecule has 1 fully saturated rings. The number of carbonyl (C=O) groups excluding carboxylic acids is 1. The number of thiophene rings is 1. The van der Waals surface area contributed by atoms with Crippen molar-refractivity contribution in [2.75, 3.05) is 13.1 Å². The number of hydrogen-bond donors (Lipinski definition) is 1. The molecule has 1 unspecified atom stereocenters. The van der Waals surface area contributed by atoms with Crippen LogP contribution in [0, 0.1) is 0 Å². The predicted molar refractivity (Wildman–Crippen MR) is 61.7 cm³/mol. The van der Waals surface area contributed by atoms with Gasteiger partial charge in [-0.05, 0) is 24.3 Å². The predicted octanol–water partition coefficient (Wildman–Crippen LogP) is 1.76. The molecule has 3 nitrogen and oxygen atoms in total. The Morgan fingerprint density at radius 1 is 1.53 bits per heavy atom. The topological polar surface area (TPSA) is 46.3 Å². The van der Waals surface area contributed by atoms with Crippen LogP contribution in [0.4, 0.5) is 0 Å². The Kier molecular flexibility index (Phi) is 3.38. The molecule has 0 radical (unpaired) electrons. The quantitative estimate of drug-likeness (QED) is 0.850. The summed E-state index contributed by atoms with van der Waals surface area (Å²) in [6.45, 7) is 1.83. The van der Waals surface area contributed by atoms with Crippen LogP contribution in [0.25, 0.3) is 0 Å². The van der Waals surface area contributed by atoms with E-state index in [4.69, 9.17) is 5.73 Å². The minimum absolute atomic E-state index is 0.127. The Balaban J connectivity index is 1.88. The maximum atomic E-state index is 11.8. The van der Waals surface area contributed by atoms with Gasteiger partial charge in [-0.15, -0.1) is 11.3 Å². The molecule has 0 aliphatic carbocycles. The number of nitrogens with zero attached hydrogens (tertiary/aromatic N) is 1. The Morgan fingerprint density at radius 2 is 2.27 bits per heavy atom. The van der Waals surface area contributed by atoms with Gasteiger partial charge in [0.1, 0.15) is 0 Å². The molecule has 2 N–H and O–H groups in total. The zero-order valence-corrected chi connectivity index (χ0v) is 9.50. The Morgan fingerprint density at radius 3 is 2.87 bits per heavy atom. The van der Waals surface area contributed by atoms with Gasteiger partial charge in [0.15, 0.2) is 0 Å². The van der Waals surface area contributed by atoms with E-state index in [1.165, 1.54) is 0 Å². The zero-order chi connectivity index (χ0) is 10.7. The highest BCUT2D eigenvalue weighted by Crippen LogP contribution is 2.21. The molecule has 15 heavy (non-hydrogen) atoms. The normalized spacial score (nSPS) is 18.1. The van der Waals surface area contributed by atoms with Gasteiger partial charge in [0.2, 0.25) is 5.91 Å². The lowest BCUT2D eigenvalue weighted by Gasteiger charge is -2.17. The molecule has 1 aliphatic rings. The number of carbonyl (C=O) groups is 1. The summed E-state index contributed by atoms with van der Waals surface area (Å²) in [4.78, 5) is 14.8. The van der Waals surface area contributed by atoms with E-state index >= 15 is 0 Å². The van der Waals surface area contributed by atoms with E-state index in [-0.39, 0.29) is 11.9 Å². The van der Waals surface area contributed by atoms with E-state index in [1.54, 1.807) is 11.3 Å². The van der Waals surface area contributed by atoms with Gasteiger partial charge in [0, 0.05) is 30.4 Å². The van der Waals surface area contributed by atoms with Crippen LogP contribution in [-0.4, -0.2) is 23.9 Å². The standard InChI is InChI=1S/C11H16N2OS/c12-9(10-4-3-7-15-10)8-11(14)13-5-1-2-6-13/h3-4,7,9H,1-2,5-6,8,12H2. The van der Waals surface area contributed by atoms with E-state index < -0.39 is 0 Å². The lowest BCUT2D eigenvalue weighted by molar-refractivity contribution is -0.130. The van der Waals surface area contributed by atoms with Crippen molar-refractivity contribution in [3.05, 3.63) is 22.4 Å². The first-order valence-electron chi connectivity index (χ1n) is 5.34. The average molecular weight is 224 g/mol. The van der Waals surface area contributed by atoms with Crippen molar-refractivity contribution in [3.8, 4) is 0 Å². The number of hydrogen-bond acceptors (Lipinski definition) is 3. The van der Waals surface area contributed by atoms with Crippen LogP contribution in [0.3, 0.4) is 0 Å². The zero-order valence-electron chi connectivity index (χ0n) is 8.69. The lowest BCUT2D eigenvalue weighted by Crippen LogP contribution is -2.30. The van der Waals surface area contributed by atoms with Gasteiger partial charge < -0.3 is 10.6 Å². The van der Waals surface area contributed by atoms with Crippen molar-refractivity contribution in [2.45, 2.75) is 25.3 Å². The number of rotatable bonds is 3. The highest BCUT2D eigenvalue weighted by atomic mass is 32.1. The van der Waals surface area contributed by atoms with Crippen molar-refractivity contribution < 1.29 is 4.79 Å². The summed E-state index contributed by atoms with van der Waals surface area (Å²) in [5, 5.41) is 2.00. The van der Waals surface area contributed by atoms with Crippen LogP contribution >= 0.6 is 11.3 Å². The van der Waals surface area contributed by atoms with Gasteiger partial charge in [0.05, 0.1) is 0 Å². The maximum Gasteiger partial charge on any atom is 0.224 e. The fourth-order valence-electron chi connectivity index (χ4n) is 1.89. The van der Waals surface area contributed by atoms with Gasteiger partial charge in [-0.3, -0.25) is 4.79 Å². The molecular formula is C11H16N2OS. The molecule has 0 bridgehead atoms. The third kappa shape index (κ3) is 2.58. The molecule has 0 spiro atoms. The molecule has 1 aliphatic heterocycles. The first-order chi connectivity index (χ1) is 7.27. The summed E-state index contributed by atoms with van der Waals surface area (Å²) in [6.07, 6.45) is 2.72. The van der Waals surface area contributed by atoms with Crippen LogP contribution in [-0.2, 0) is 4.79 Å². The molecule has 0 aromatic carbocycles. The Hall–Kier alpha value is -0.870. The monoisotopic (exact) mass is 224 g/mol. The van der Waals surface area contributed by atoms with E-state index in [1.807, 2.05) is 22.4 Å². The Bertz CT molecular complexity index is 317. The average Bonchev–Trinajstić information content (AvgIpc) is 2.91. The molecular weight excluding hydrogens is 208 g/mol. The summed E-state index contributed by atoms with van der Waals surface area (Å²) in [7, 11) is 0. The van der Waals surface area contributed by atoms with Crippen LogP contribution in [0.5, 0.6) is 0 Å². The van der Waals surface area contributed by atoms with Crippen LogP contribution in [0.2, 0.25) is 0 Å². The summed E-state index contributed by atoms with van der Waals surface area (Å²) >= 11 is 1.62. The molecule has 0 saturated carbocycles. The second kappa shape index (κ2) is 4.77. The molecule has 1 saturated heterocycles. The minimum atomic E-state index is -0.127. The maximum absolute atomic E-state index is 11.8. The van der Waals surface area contributed by atoms with Gasteiger partial charge in [-0.2, -0.15) is 0 Å². The molecule has 1 aromatic heterocycles. The fraction of sp³-hybridized carbons (Fsp3) is 0.545. The van der Waals surface area contributed by atoms with E-state index in [9.17, 15) is 4.79 Å². The van der Waals surface area contributed by atoms with Gasteiger partial charge >= 0.3 is 0 Å². The van der Waals surface area contributed by atoms with Gasteiger partial charge in [-0.1, -0.05) is 6.07 Å². The third-order valence-electron chi connectivity index (χ3n) is 2.76. The van der Waals surface area contributed by atoms with Crippen molar-refractivity contribution in [1.29, 1.82) is 0 Å². The largest absolute Gasteiger partial charge is 0.343 e. The molecule has 1 aromatic rings. The number of amides is 1. The molecule has 4 heteroatoms. The lowest BCUT2D eigenvalue weighted by atomic mass is 10.1. The van der Waals surface area contributed by atoms with Crippen LogP contribution in [0.1, 0.15) is 30.2 Å². The van der Waals surface area contributed by atoms with Crippen LogP contribution < -0.4 is 5.73 Å². The van der Waals surface area contributed by atoms with Crippen molar-refractivity contribution in [2.24, 2.45) is 5.73 Å². The summed E-state index contributed by atoms with van der Waals surface area (Å²) < 4.78 is 0. The minimum Gasteiger partial charge on any atom is -0.343 e. The fourth-order valence-corrected chi connectivity index (χ4v) is 2.62. The van der Waals surface area contributed by atoms with E-state index in [0.29, 0.717) is 6.42 Å². The highest BCUT2D eigenvalue weighted by Gasteiger charge is 2.20. The summed E-state index contributed by atoms with van der Waals surface area (Å²) in [5.74, 6) is 0.202. The van der Waals surface area contributed by atoms with Crippen molar-refractivity contribution >= 4 is 17.2 Å². The number of likely N-dealkylation sites (tertiary alicyclic amines) is 1. The number of nitrogens with two attached hydrogens (primary N) is 1. The molecule has 82 valence electrons. The second-order valence-corrected chi connectivity index (χ2v) is 4.89. The van der Waals surface area contributed by atoms with Gasteiger partial charge in [-0.25, -0.2) is 0 Å². The van der Waals surface area contributed by atoms with Crippen LogP contribution in [0.15, 0.2) is 17.5 Å². The van der Waals surface area contributed by atoms with E-state index in [2.05, 4.69) is 0 Å². The molecule has 1 amide bonds. The molecule has 2 heterocycles. The first-order valence-corrected chi connectivity index (χ1v) is 6.22. The Labute approximate surface area is 93.9 Å². The highest BCUT2D eigenvalue weighted by molar-refractivity contribution is 7.10. The molecule has 2 rings (SSSR count). The first kappa shape index (κ1) is 10.6. The SMILES string of the molecule is NC(CC(=O)N1CCCC1)c1cccs1.